The summed E-state index contributed by atoms with van der Waals surface area (Å²) < 4.78 is 0. The molecule has 0 spiro atoms. The van der Waals surface area contributed by atoms with Crippen molar-refractivity contribution in [1.82, 2.24) is 9.97 Å². The summed E-state index contributed by atoms with van der Waals surface area (Å²) in [6, 6.07) is 1.87. The second kappa shape index (κ2) is 4.87. The third-order valence-corrected chi connectivity index (χ3v) is 3.52. The van der Waals surface area contributed by atoms with E-state index in [-0.39, 0.29) is 18.0 Å². The average molecular weight is 236 g/mol. The van der Waals surface area contributed by atoms with E-state index in [0.29, 0.717) is 0 Å². The summed E-state index contributed by atoms with van der Waals surface area (Å²) >= 11 is 0. The van der Waals surface area contributed by atoms with E-state index in [9.17, 15) is 5.11 Å². The van der Waals surface area contributed by atoms with E-state index in [0.717, 1.165) is 30.9 Å². The third-order valence-electron chi connectivity index (χ3n) is 3.52. The van der Waals surface area contributed by atoms with E-state index < -0.39 is 0 Å². The zero-order chi connectivity index (χ0) is 12.3. The molecule has 17 heavy (non-hydrogen) atoms. The smallest absolute Gasteiger partial charge is 0.222 e. The van der Waals surface area contributed by atoms with E-state index in [1.54, 1.807) is 0 Å². The Labute approximate surface area is 101 Å². The lowest BCUT2D eigenvalue weighted by molar-refractivity contribution is 0.142. The first-order valence-corrected chi connectivity index (χ1v) is 6.09. The van der Waals surface area contributed by atoms with Crippen LogP contribution in [0.2, 0.25) is 0 Å². The highest BCUT2D eigenvalue weighted by molar-refractivity contribution is 5.40. The van der Waals surface area contributed by atoms with Crippen LogP contribution in [0.4, 0.5) is 11.8 Å². The molecule has 1 fully saturated rings. The minimum absolute atomic E-state index is 0.0214. The van der Waals surface area contributed by atoms with Crippen LogP contribution in [0, 0.1) is 12.3 Å². The van der Waals surface area contributed by atoms with E-state index >= 15 is 0 Å². The maximum atomic E-state index is 9.51. The molecule has 0 aromatic carbocycles. The molecule has 0 aliphatic heterocycles. The molecule has 94 valence electrons. The highest BCUT2D eigenvalue weighted by atomic mass is 16.3. The van der Waals surface area contributed by atoms with Crippen molar-refractivity contribution in [2.45, 2.75) is 32.6 Å². The van der Waals surface area contributed by atoms with E-state index in [2.05, 4.69) is 15.3 Å². The van der Waals surface area contributed by atoms with Gasteiger partial charge in [0.05, 0.1) is 6.61 Å². The van der Waals surface area contributed by atoms with Crippen LogP contribution in [0.5, 0.6) is 0 Å². The summed E-state index contributed by atoms with van der Waals surface area (Å²) in [5.41, 5.74) is 6.47. The number of rotatable bonds is 4. The van der Waals surface area contributed by atoms with Crippen LogP contribution in [0.15, 0.2) is 6.07 Å². The first-order valence-electron chi connectivity index (χ1n) is 6.09. The fourth-order valence-electron chi connectivity index (χ4n) is 2.48. The maximum absolute atomic E-state index is 9.51. The number of hydrogen-bond donors (Lipinski definition) is 3. The minimum atomic E-state index is 0.0214. The van der Waals surface area contributed by atoms with Gasteiger partial charge in [0.2, 0.25) is 5.95 Å². The van der Waals surface area contributed by atoms with Crippen LogP contribution < -0.4 is 11.1 Å². The summed E-state index contributed by atoms with van der Waals surface area (Å²) in [7, 11) is 0. The summed E-state index contributed by atoms with van der Waals surface area (Å²) in [6.45, 7) is 2.87. The summed E-state index contributed by atoms with van der Waals surface area (Å²) in [5.74, 6) is 1.03. The quantitative estimate of drug-likeness (QED) is 0.734. The maximum Gasteiger partial charge on any atom is 0.222 e. The highest BCUT2D eigenvalue weighted by Gasteiger charge is 2.32. The summed E-state index contributed by atoms with van der Waals surface area (Å²) in [4.78, 5) is 8.16. The molecule has 1 aromatic rings. The largest absolute Gasteiger partial charge is 0.396 e. The monoisotopic (exact) mass is 236 g/mol. The highest BCUT2D eigenvalue weighted by Crippen LogP contribution is 2.37. The van der Waals surface area contributed by atoms with Gasteiger partial charge in [-0.1, -0.05) is 12.8 Å². The van der Waals surface area contributed by atoms with Crippen LogP contribution in [-0.2, 0) is 0 Å². The van der Waals surface area contributed by atoms with Crippen molar-refractivity contribution in [3.05, 3.63) is 11.8 Å². The molecule has 0 saturated heterocycles. The van der Waals surface area contributed by atoms with Crippen LogP contribution in [0.1, 0.15) is 31.4 Å². The second-order valence-corrected chi connectivity index (χ2v) is 4.97. The van der Waals surface area contributed by atoms with Crippen molar-refractivity contribution in [3.8, 4) is 0 Å². The number of aliphatic hydroxyl groups excluding tert-OH is 1. The lowest BCUT2D eigenvalue weighted by atomic mass is 9.87. The fraction of sp³-hybridized carbons (Fsp3) is 0.667. The van der Waals surface area contributed by atoms with E-state index in [4.69, 9.17) is 5.73 Å². The molecule has 5 nitrogen and oxygen atoms in total. The van der Waals surface area contributed by atoms with Crippen LogP contribution in [0.3, 0.4) is 0 Å². The van der Waals surface area contributed by atoms with Gasteiger partial charge in [-0.15, -0.1) is 0 Å². The Bertz CT molecular complexity index is 368. The van der Waals surface area contributed by atoms with Gasteiger partial charge in [0, 0.05) is 23.7 Å². The van der Waals surface area contributed by atoms with Crippen molar-refractivity contribution in [1.29, 1.82) is 0 Å². The molecule has 5 heteroatoms. The first-order chi connectivity index (χ1) is 8.13. The average Bonchev–Trinajstić information content (AvgIpc) is 2.74. The molecule has 4 N–H and O–H groups in total. The normalized spacial score (nSPS) is 18.2. The zero-order valence-corrected chi connectivity index (χ0v) is 10.2. The van der Waals surface area contributed by atoms with E-state index in [1.165, 1.54) is 12.8 Å². The van der Waals surface area contributed by atoms with Crippen molar-refractivity contribution >= 4 is 11.8 Å². The summed E-state index contributed by atoms with van der Waals surface area (Å²) in [6.07, 6.45) is 4.56. The minimum Gasteiger partial charge on any atom is -0.396 e. The van der Waals surface area contributed by atoms with Crippen LogP contribution in [-0.4, -0.2) is 28.2 Å². The number of nitrogen functional groups attached to an aromatic ring is 1. The SMILES string of the molecule is Cc1cc(NCC2(CO)CCCC2)nc(N)n1. The third kappa shape index (κ3) is 2.85. The Morgan fingerprint density at radius 3 is 2.71 bits per heavy atom. The number of nitrogens with two attached hydrogens (primary N) is 1. The van der Waals surface area contributed by atoms with Crippen molar-refractivity contribution in [2.75, 3.05) is 24.2 Å². The van der Waals surface area contributed by atoms with Crippen molar-refractivity contribution < 1.29 is 5.11 Å². The van der Waals surface area contributed by atoms with Gasteiger partial charge in [-0.3, -0.25) is 0 Å². The molecule has 0 atom stereocenters. The Morgan fingerprint density at radius 1 is 1.41 bits per heavy atom. The fourth-order valence-corrected chi connectivity index (χ4v) is 2.48. The predicted molar refractivity (Wildman–Crippen MR) is 67.7 cm³/mol. The molecule has 2 rings (SSSR count). The number of hydrogen-bond acceptors (Lipinski definition) is 5. The molecule has 1 heterocycles. The molecule has 1 aromatic heterocycles. The van der Waals surface area contributed by atoms with Gasteiger partial charge in [-0.05, 0) is 19.8 Å². The van der Waals surface area contributed by atoms with Crippen LogP contribution >= 0.6 is 0 Å². The number of aliphatic hydroxyl groups is 1. The second-order valence-electron chi connectivity index (χ2n) is 4.97. The van der Waals surface area contributed by atoms with Gasteiger partial charge in [-0.2, -0.15) is 4.98 Å². The Kier molecular flexibility index (Phi) is 3.47. The molecule has 0 radical (unpaired) electrons. The lowest BCUT2D eigenvalue weighted by Gasteiger charge is -2.26. The van der Waals surface area contributed by atoms with Gasteiger partial charge >= 0.3 is 0 Å². The molecule has 0 amide bonds. The standard InChI is InChI=1S/C12H20N4O/c1-9-6-10(16-11(13)15-9)14-7-12(8-17)4-2-3-5-12/h6,17H,2-5,7-8H2,1H3,(H3,13,14,15,16). The first kappa shape index (κ1) is 12.1. The van der Waals surface area contributed by atoms with Crippen LogP contribution in [0.25, 0.3) is 0 Å². The molecular formula is C12H20N4O. The molecular weight excluding hydrogens is 216 g/mol. The number of nitrogens with zero attached hydrogens (tertiary/aromatic N) is 2. The molecule has 0 bridgehead atoms. The number of anilines is 2. The zero-order valence-electron chi connectivity index (χ0n) is 10.2. The number of aromatic nitrogens is 2. The summed E-state index contributed by atoms with van der Waals surface area (Å²) in [5, 5.41) is 12.8. The predicted octanol–water partition coefficient (Wildman–Crippen LogP) is 1.33. The Morgan fingerprint density at radius 2 is 2.12 bits per heavy atom. The van der Waals surface area contributed by atoms with Gasteiger partial charge in [-0.25, -0.2) is 4.98 Å². The molecule has 0 unspecified atom stereocenters. The van der Waals surface area contributed by atoms with Gasteiger partial charge in [0.1, 0.15) is 5.82 Å². The van der Waals surface area contributed by atoms with E-state index in [1.807, 2.05) is 13.0 Å². The Balaban J connectivity index is 2.01. The number of aryl methyl sites for hydroxylation is 1. The van der Waals surface area contributed by atoms with Crippen molar-refractivity contribution in [3.63, 3.8) is 0 Å². The van der Waals surface area contributed by atoms with Gasteiger partial charge < -0.3 is 16.2 Å². The van der Waals surface area contributed by atoms with Crippen molar-refractivity contribution in [2.24, 2.45) is 5.41 Å². The Hall–Kier alpha value is -1.36. The topological polar surface area (TPSA) is 84.1 Å². The lowest BCUT2D eigenvalue weighted by Crippen LogP contribution is -2.30. The van der Waals surface area contributed by atoms with Gasteiger partial charge in [0.15, 0.2) is 0 Å². The molecule has 1 saturated carbocycles. The van der Waals surface area contributed by atoms with Gasteiger partial charge in [0.25, 0.3) is 0 Å². The molecule has 1 aliphatic rings. The number of nitrogens with one attached hydrogen (secondary N) is 1. The molecule has 1 aliphatic carbocycles.